The molecule has 0 spiro atoms. The predicted octanol–water partition coefficient (Wildman–Crippen LogP) is 1.50. The summed E-state index contributed by atoms with van der Waals surface area (Å²) in [6.07, 6.45) is 2.29. The van der Waals surface area contributed by atoms with Gasteiger partial charge in [-0.25, -0.2) is 0 Å². The number of H-pyrrole nitrogens is 1. The Bertz CT molecular complexity index is 269. The molecule has 1 rings (SSSR count). The maximum Gasteiger partial charge on any atom is 0.180 e. The van der Waals surface area contributed by atoms with Gasteiger partial charge in [0, 0.05) is 19.0 Å². The van der Waals surface area contributed by atoms with Crippen LogP contribution < -0.4 is 0 Å². The number of nitrogens with zero attached hydrogens (tertiary/aromatic N) is 1. The molecule has 0 bridgehead atoms. The minimum Gasteiger partial charge on any atom is -0.359 e. The van der Waals surface area contributed by atoms with E-state index >= 15 is 0 Å². The van der Waals surface area contributed by atoms with Gasteiger partial charge in [0.1, 0.15) is 0 Å². The molecule has 0 aliphatic heterocycles. The van der Waals surface area contributed by atoms with Gasteiger partial charge in [-0.2, -0.15) is 5.26 Å². The number of hydrogen-bond acceptors (Lipinski definition) is 2. The monoisotopic (exact) mass is 148 g/mol. The standard InChI is InChI=1S/C8H8N2O/c9-5-1-4-8(11)7-3-2-6-10-7/h2-3,6,10H,1,4H2. The van der Waals surface area contributed by atoms with E-state index < -0.39 is 0 Å². The summed E-state index contributed by atoms with van der Waals surface area (Å²) in [6.45, 7) is 0. The highest BCUT2D eigenvalue weighted by Crippen LogP contribution is 2.01. The van der Waals surface area contributed by atoms with Crippen LogP contribution in [0.15, 0.2) is 18.3 Å². The average Bonchev–Trinajstić information content (AvgIpc) is 2.52. The third-order valence-electron chi connectivity index (χ3n) is 1.36. The number of ketones is 1. The van der Waals surface area contributed by atoms with Gasteiger partial charge in [-0.15, -0.1) is 0 Å². The van der Waals surface area contributed by atoms with Crippen LogP contribution >= 0.6 is 0 Å². The van der Waals surface area contributed by atoms with Crippen LogP contribution in [-0.2, 0) is 0 Å². The smallest absolute Gasteiger partial charge is 0.180 e. The molecule has 0 unspecified atom stereocenters. The molecule has 1 aromatic heterocycles. The van der Waals surface area contributed by atoms with Crippen molar-refractivity contribution in [1.82, 2.24) is 4.98 Å². The van der Waals surface area contributed by atoms with E-state index in [0.29, 0.717) is 12.1 Å². The number of hydrogen-bond donors (Lipinski definition) is 1. The SMILES string of the molecule is N#CCCC(=O)c1ccc[nH]1. The number of carbonyl (C=O) groups is 1. The summed E-state index contributed by atoms with van der Waals surface area (Å²) in [5.74, 6) is -0.00319. The van der Waals surface area contributed by atoms with Crippen LogP contribution in [0.5, 0.6) is 0 Å². The third-order valence-corrected chi connectivity index (χ3v) is 1.36. The summed E-state index contributed by atoms with van der Waals surface area (Å²) in [5.41, 5.74) is 0.584. The Morgan fingerprint density at radius 1 is 1.73 bits per heavy atom. The molecular weight excluding hydrogens is 140 g/mol. The number of carbonyl (C=O) groups excluding carboxylic acids is 1. The fourth-order valence-electron chi connectivity index (χ4n) is 0.808. The first-order valence-corrected chi connectivity index (χ1v) is 3.38. The van der Waals surface area contributed by atoms with Gasteiger partial charge in [-0.05, 0) is 12.1 Å². The Morgan fingerprint density at radius 3 is 3.09 bits per heavy atom. The van der Waals surface area contributed by atoms with Gasteiger partial charge in [0.05, 0.1) is 11.8 Å². The fourth-order valence-corrected chi connectivity index (χ4v) is 0.808. The summed E-state index contributed by atoms with van der Waals surface area (Å²) < 4.78 is 0. The van der Waals surface area contributed by atoms with Crippen LogP contribution in [0.3, 0.4) is 0 Å². The van der Waals surface area contributed by atoms with E-state index in [1.54, 1.807) is 18.3 Å². The molecule has 3 nitrogen and oxygen atoms in total. The zero-order valence-corrected chi connectivity index (χ0v) is 6.00. The van der Waals surface area contributed by atoms with E-state index in [0.717, 1.165) is 0 Å². The van der Waals surface area contributed by atoms with Gasteiger partial charge < -0.3 is 4.98 Å². The quantitative estimate of drug-likeness (QED) is 0.660. The summed E-state index contributed by atoms with van der Waals surface area (Å²) in [4.78, 5) is 13.9. The topological polar surface area (TPSA) is 56.6 Å². The minimum absolute atomic E-state index is 0.00319. The molecule has 0 saturated carbocycles. The van der Waals surface area contributed by atoms with Crippen molar-refractivity contribution < 1.29 is 4.79 Å². The lowest BCUT2D eigenvalue weighted by Crippen LogP contribution is -1.97. The summed E-state index contributed by atoms with van der Waals surface area (Å²) >= 11 is 0. The van der Waals surface area contributed by atoms with Crippen LogP contribution in [0.25, 0.3) is 0 Å². The van der Waals surface area contributed by atoms with Crippen LogP contribution in [-0.4, -0.2) is 10.8 Å². The second-order valence-corrected chi connectivity index (χ2v) is 2.17. The lowest BCUT2D eigenvalue weighted by Gasteiger charge is -1.90. The van der Waals surface area contributed by atoms with Crippen LogP contribution in [0.4, 0.5) is 0 Å². The van der Waals surface area contributed by atoms with Gasteiger partial charge in [-0.3, -0.25) is 4.79 Å². The van der Waals surface area contributed by atoms with Crippen LogP contribution in [0.2, 0.25) is 0 Å². The largest absolute Gasteiger partial charge is 0.359 e. The highest BCUT2D eigenvalue weighted by Gasteiger charge is 2.03. The number of aromatic amines is 1. The number of Topliss-reactive ketones (excluding diaryl/α,β-unsaturated/α-hetero) is 1. The maximum absolute atomic E-state index is 11.1. The number of rotatable bonds is 3. The van der Waals surface area contributed by atoms with Gasteiger partial charge in [0.25, 0.3) is 0 Å². The second-order valence-electron chi connectivity index (χ2n) is 2.17. The van der Waals surface area contributed by atoms with E-state index in [1.165, 1.54) is 0 Å². The molecule has 0 aliphatic rings. The fraction of sp³-hybridized carbons (Fsp3) is 0.250. The van der Waals surface area contributed by atoms with Crippen molar-refractivity contribution in [3.8, 4) is 6.07 Å². The summed E-state index contributed by atoms with van der Waals surface area (Å²) in [5, 5.41) is 8.20. The third kappa shape index (κ3) is 1.94. The van der Waals surface area contributed by atoms with Crippen molar-refractivity contribution >= 4 is 5.78 Å². The highest BCUT2D eigenvalue weighted by atomic mass is 16.1. The number of nitriles is 1. The molecule has 0 aliphatic carbocycles. The highest BCUT2D eigenvalue weighted by molar-refractivity contribution is 5.94. The van der Waals surface area contributed by atoms with E-state index in [2.05, 4.69) is 4.98 Å². The molecular formula is C8H8N2O. The first kappa shape index (κ1) is 7.55. The van der Waals surface area contributed by atoms with Crippen molar-refractivity contribution in [2.45, 2.75) is 12.8 Å². The molecule has 3 heteroatoms. The second kappa shape index (κ2) is 3.57. The van der Waals surface area contributed by atoms with Crippen molar-refractivity contribution in [3.63, 3.8) is 0 Å². The zero-order valence-electron chi connectivity index (χ0n) is 6.00. The Balaban J connectivity index is 2.51. The molecule has 0 amide bonds. The van der Waals surface area contributed by atoms with E-state index in [-0.39, 0.29) is 12.2 Å². The zero-order chi connectivity index (χ0) is 8.10. The summed E-state index contributed by atoms with van der Waals surface area (Å²) in [7, 11) is 0. The lowest BCUT2D eigenvalue weighted by atomic mass is 10.2. The van der Waals surface area contributed by atoms with Crippen molar-refractivity contribution in [2.75, 3.05) is 0 Å². The Morgan fingerprint density at radius 2 is 2.55 bits per heavy atom. The summed E-state index contributed by atoms with van der Waals surface area (Å²) in [6, 6.07) is 5.40. The molecule has 0 aromatic carbocycles. The molecule has 0 saturated heterocycles. The number of aromatic nitrogens is 1. The van der Waals surface area contributed by atoms with Crippen LogP contribution in [0.1, 0.15) is 23.3 Å². The molecule has 1 N–H and O–H groups in total. The molecule has 0 fully saturated rings. The predicted molar refractivity (Wildman–Crippen MR) is 40.0 cm³/mol. The van der Waals surface area contributed by atoms with E-state index in [9.17, 15) is 4.79 Å². The van der Waals surface area contributed by atoms with Crippen molar-refractivity contribution in [2.24, 2.45) is 0 Å². The Labute approximate surface area is 64.7 Å². The van der Waals surface area contributed by atoms with Crippen molar-refractivity contribution in [3.05, 3.63) is 24.0 Å². The molecule has 1 heterocycles. The van der Waals surface area contributed by atoms with Crippen molar-refractivity contribution in [1.29, 1.82) is 5.26 Å². The van der Waals surface area contributed by atoms with Gasteiger partial charge in [0.2, 0.25) is 0 Å². The first-order chi connectivity index (χ1) is 5.34. The van der Waals surface area contributed by atoms with Crippen LogP contribution in [0, 0.1) is 11.3 Å². The lowest BCUT2D eigenvalue weighted by molar-refractivity contribution is 0.0980. The van der Waals surface area contributed by atoms with Gasteiger partial charge in [-0.1, -0.05) is 0 Å². The van der Waals surface area contributed by atoms with E-state index in [4.69, 9.17) is 5.26 Å². The first-order valence-electron chi connectivity index (χ1n) is 3.38. The molecule has 0 radical (unpaired) electrons. The molecule has 1 aromatic rings. The molecule has 56 valence electrons. The van der Waals surface area contributed by atoms with Gasteiger partial charge in [0.15, 0.2) is 5.78 Å². The van der Waals surface area contributed by atoms with Gasteiger partial charge >= 0.3 is 0 Å². The number of nitrogens with one attached hydrogen (secondary N) is 1. The molecule has 11 heavy (non-hydrogen) atoms. The normalized spacial score (nSPS) is 9.00. The van der Waals surface area contributed by atoms with E-state index in [1.807, 2.05) is 6.07 Å². The Hall–Kier alpha value is -1.56. The minimum atomic E-state index is -0.00319. The molecule has 0 atom stereocenters. The Kier molecular flexibility index (Phi) is 2.45. The maximum atomic E-state index is 11.1. The average molecular weight is 148 g/mol.